The van der Waals surface area contributed by atoms with E-state index in [-0.39, 0.29) is 6.04 Å². The minimum atomic E-state index is 0.125. The van der Waals surface area contributed by atoms with Crippen LogP contribution in [-0.4, -0.2) is 11.6 Å². The van der Waals surface area contributed by atoms with Crippen LogP contribution in [0.2, 0.25) is 5.02 Å². The van der Waals surface area contributed by atoms with Crippen molar-refractivity contribution < 1.29 is 4.74 Å². The molecule has 1 unspecified atom stereocenters. The lowest BCUT2D eigenvalue weighted by molar-refractivity contribution is 0.316. The number of nitrogens with zero attached hydrogens (tertiary/aromatic N) is 2. The number of benzene rings is 1. The Morgan fingerprint density at radius 3 is 3.00 bits per heavy atom. The van der Waals surface area contributed by atoms with E-state index in [2.05, 4.69) is 16.4 Å². The smallest absolute Gasteiger partial charge is 0.126 e. The molecule has 2 aromatic rings. The molecule has 0 saturated carbocycles. The van der Waals surface area contributed by atoms with Gasteiger partial charge in [-0.2, -0.15) is 5.26 Å². The number of anilines is 1. The summed E-state index contributed by atoms with van der Waals surface area (Å²) in [6.07, 6.45) is 3.48. The second-order valence-electron chi connectivity index (χ2n) is 4.91. The molecule has 0 aliphatic carbocycles. The van der Waals surface area contributed by atoms with Gasteiger partial charge in [-0.25, -0.2) is 4.98 Å². The van der Waals surface area contributed by atoms with Crippen molar-refractivity contribution in [2.75, 3.05) is 11.9 Å². The third-order valence-corrected chi connectivity index (χ3v) is 3.70. The maximum Gasteiger partial charge on any atom is 0.126 e. The molecule has 0 fully saturated rings. The Kier molecular flexibility index (Phi) is 3.94. The van der Waals surface area contributed by atoms with Gasteiger partial charge in [-0.1, -0.05) is 17.7 Å². The van der Waals surface area contributed by atoms with Crippen LogP contribution in [0.25, 0.3) is 0 Å². The number of pyridine rings is 1. The van der Waals surface area contributed by atoms with Gasteiger partial charge in [-0.05, 0) is 37.1 Å². The summed E-state index contributed by atoms with van der Waals surface area (Å²) < 4.78 is 5.75. The molecule has 2 heterocycles. The fourth-order valence-corrected chi connectivity index (χ4v) is 2.58. The highest BCUT2D eigenvalue weighted by Gasteiger charge is 2.20. The molecule has 1 aromatic carbocycles. The van der Waals surface area contributed by atoms with Gasteiger partial charge in [0.1, 0.15) is 17.6 Å². The van der Waals surface area contributed by atoms with Gasteiger partial charge in [-0.3, -0.25) is 0 Å². The molecule has 0 bridgehead atoms. The maximum atomic E-state index is 8.80. The topological polar surface area (TPSA) is 57.9 Å². The summed E-state index contributed by atoms with van der Waals surface area (Å²) in [4.78, 5) is 4.26. The minimum absolute atomic E-state index is 0.125. The van der Waals surface area contributed by atoms with Crippen molar-refractivity contribution in [2.24, 2.45) is 0 Å². The largest absolute Gasteiger partial charge is 0.493 e. The first-order valence-electron chi connectivity index (χ1n) is 6.81. The van der Waals surface area contributed by atoms with Crippen LogP contribution in [-0.2, 0) is 0 Å². The molecular weight excluding hydrogens is 286 g/mol. The Balaban J connectivity index is 1.86. The van der Waals surface area contributed by atoms with E-state index in [4.69, 9.17) is 21.6 Å². The van der Waals surface area contributed by atoms with E-state index in [1.807, 2.05) is 24.3 Å². The monoisotopic (exact) mass is 299 g/mol. The van der Waals surface area contributed by atoms with E-state index in [0.29, 0.717) is 17.2 Å². The molecular formula is C16H14ClN3O. The van der Waals surface area contributed by atoms with Gasteiger partial charge in [0.05, 0.1) is 18.2 Å². The van der Waals surface area contributed by atoms with Crippen LogP contribution in [0.3, 0.4) is 0 Å². The lowest BCUT2D eigenvalue weighted by atomic mass is 10.0. The first-order chi connectivity index (χ1) is 10.3. The standard InChI is InChI=1S/C16H14ClN3O/c17-12-4-5-13-14(2-1-7-21-15(13)8-12)20-16-6-3-11(9-18)10-19-16/h3-6,8,10,14H,1-2,7H2,(H,19,20). The zero-order valence-corrected chi connectivity index (χ0v) is 12.1. The van der Waals surface area contributed by atoms with E-state index in [1.54, 1.807) is 12.3 Å². The van der Waals surface area contributed by atoms with E-state index >= 15 is 0 Å². The second-order valence-corrected chi connectivity index (χ2v) is 5.35. The fourth-order valence-electron chi connectivity index (χ4n) is 2.42. The molecule has 3 rings (SSSR count). The van der Waals surface area contributed by atoms with Crippen LogP contribution < -0.4 is 10.1 Å². The van der Waals surface area contributed by atoms with E-state index in [0.717, 1.165) is 30.0 Å². The van der Waals surface area contributed by atoms with Crippen molar-refractivity contribution in [3.63, 3.8) is 0 Å². The lowest BCUT2D eigenvalue weighted by Gasteiger charge is -2.19. The normalized spacial score (nSPS) is 17.0. The molecule has 0 saturated heterocycles. The average Bonchev–Trinajstić information content (AvgIpc) is 2.70. The number of nitriles is 1. The molecule has 1 aliphatic heterocycles. The number of nitrogens with one attached hydrogen (secondary N) is 1. The molecule has 1 N–H and O–H groups in total. The molecule has 4 nitrogen and oxygen atoms in total. The highest BCUT2D eigenvalue weighted by molar-refractivity contribution is 6.30. The number of aromatic nitrogens is 1. The predicted molar refractivity (Wildman–Crippen MR) is 81.5 cm³/mol. The summed E-state index contributed by atoms with van der Waals surface area (Å²) in [6, 6.07) is 11.5. The molecule has 21 heavy (non-hydrogen) atoms. The van der Waals surface area contributed by atoms with Crippen LogP contribution in [0.4, 0.5) is 5.82 Å². The Bertz CT molecular complexity index is 679. The third-order valence-electron chi connectivity index (χ3n) is 3.46. The number of fused-ring (bicyclic) bond motifs is 1. The fraction of sp³-hybridized carbons (Fsp3) is 0.250. The van der Waals surface area contributed by atoms with Gasteiger partial charge < -0.3 is 10.1 Å². The number of rotatable bonds is 2. The number of ether oxygens (including phenoxy) is 1. The van der Waals surface area contributed by atoms with E-state index < -0.39 is 0 Å². The van der Waals surface area contributed by atoms with Crippen molar-refractivity contribution in [3.8, 4) is 11.8 Å². The van der Waals surface area contributed by atoms with E-state index in [9.17, 15) is 0 Å². The van der Waals surface area contributed by atoms with Crippen molar-refractivity contribution in [1.82, 2.24) is 4.98 Å². The highest BCUT2D eigenvalue weighted by atomic mass is 35.5. The van der Waals surface area contributed by atoms with Gasteiger partial charge in [0.2, 0.25) is 0 Å². The van der Waals surface area contributed by atoms with Gasteiger partial charge in [0.25, 0.3) is 0 Å². The zero-order valence-electron chi connectivity index (χ0n) is 11.3. The summed E-state index contributed by atoms with van der Waals surface area (Å²) in [6.45, 7) is 0.687. The summed E-state index contributed by atoms with van der Waals surface area (Å²) in [7, 11) is 0. The van der Waals surface area contributed by atoms with Crippen LogP contribution >= 0.6 is 11.6 Å². The van der Waals surface area contributed by atoms with Crippen LogP contribution in [0.1, 0.15) is 30.0 Å². The number of hydrogen-bond donors (Lipinski definition) is 1. The Morgan fingerprint density at radius 1 is 1.33 bits per heavy atom. The van der Waals surface area contributed by atoms with Gasteiger partial charge in [0, 0.05) is 16.8 Å². The van der Waals surface area contributed by atoms with Crippen molar-refractivity contribution >= 4 is 17.4 Å². The molecule has 106 valence electrons. The van der Waals surface area contributed by atoms with Gasteiger partial charge >= 0.3 is 0 Å². The average molecular weight is 300 g/mol. The maximum absolute atomic E-state index is 8.80. The number of hydrogen-bond acceptors (Lipinski definition) is 4. The third kappa shape index (κ3) is 3.09. The van der Waals surface area contributed by atoms with Crippen LogP contribution in [0.5, 0.6) is 5.75 Å². The quantitative estimate of drug-likeness (QED) is 0.912. The summed E-state index contributed by atoms with van der Waals surface area (Å²) >= 11 is 6.03. The highest BCUT2D eigenvalue weighted by Crippen LogP contribution is 2.35. The van der Waals surface area contributed by atoms with Gasteiger partial charge in [-0.15, -0.1) is 0 Å². The number of halogens is 1. The van der Waals surface area contributed by atoms with Crippen LogP contribution in [0, 0.1) is 11.3 Å². The summed E-state index contributed by atoms with van der Waals surface area (Å²) in [5, 5.41) is 12.9. The van der Waals surface area contributed by atoms with Crippen molar-refractivity contribution in [3.05, 3.63) is 52.7 Å². The van der Waals surface area contributed by atoms with Gasteiger partial charge in [0.15, 0.2) is 0 Å². The molecule has 0 amide bonds. The second kappa shape index (κ2) is 6.02. The van der Waals surface area contributed by atoms with Crippen molar-refractivity contribution in [2.45, 2.75) is 18.9 Å². The summed E-state index contributed by atoms with van der Waals surface area (Å²) in [5.41, 5.74) is 1.64. The zero-order chi connectivity index (χ0) is 14.7. The van der Waals surface area contributed by atoms with Crippen LogP contribution in [0.15, 0.2) is 36.5 Å². The Morgan fingerprint density at radius 2 is 2.24 bits per heavy atom. The minimum Gasteiger partial charge on any atom is -0.493 e. The predicted octanol–water partition coefficient (Wildman–Crippen LogP) is 3.93. The SMILES string of the molecule is N#Cc1ccc(NC2CCCOc3cc(Cl)ccc32)nc1. The first kappa shape index (κ1) is 13.7. The summed E-state index contributed by atoms with van der Waals surface area (Å²) in [5.74, 6) is 1.58. The van der Waals surface area contributed by atoms with Crippen molar-refractivity contribution in [1.29, 1.82) is 5.26 Å². The molecule has 5 heteroatoms. The van der Waals surface area contributed by atoms with E-state index in [1.165, 1.54) is 0 Å². The lowest BCUT2D eigenvalue weighted by Crippen LogP contribution is -2.11. The first-order valence-corrected chi connectivity index (χ1v) is 7.19. The molecule has 1 aromatic heterocycles. The molecule has 1 atom stereocenters. The Hall–Kier alpha value is -2.25. The molecule has 0 spiro atoms. The Labute approximate surface area is 128 Å². The molecule has 1 aliphatic rings. The molecule has 0 radical (unpaired) electrons.